The number of sulfonamides is 1. The van der Waals surface area contributed by atoms with Gasteiger partial charge in [0.25, 0.3) is 0 Å². The lowest BCUT2D eigenvalue weighted by Crippen LogP contribution is -2.43. The predicted molar refractivity (Wildman–Crippen MR) is 88.1 cm³/mol. The van der Waals surface area contributed by atoms with Crippen molar-refractivity contribution in [3.63, 3.8) is 0 Å². The van der Waals surface area contributed by atoms with Crippen molar-refractivity contribution in [1.29, 1.82) is 0 Å². The summed E-state index contributed by atoms with van der Waals surface area (Å²) in [5.41, 5.74) is 0.361. The Bertz CT molecular complexity index is 732. The van der Waals surface area contributed by atoms with Gasteiger partial charge >= 0.3 is 6.09 Å². The Kier molecular flexibility index (Phi) is 5.45. The standard InChI is InChI=1S/C15H21N3O5S/c1-17(2)24(21,22)12-7-4-6-11(10-12)16-14(19)13-8-5-9-18(13)15(20)23-3/h4,6-7,10,13H,5,8-9H2,1-3H3,(H,16,19)/t13-/m0/s1. The third kappa shape index (κ3) is 3.68. The summed E-state index contributed by atoms with van der Waals surface area (Å²) >= 11 is 0. The topological polar surface area (TPSA) is 96.0 Å². The second kappa shape index (κ2) is 7.18. The molecule has 24 heavy (non-hydrogen) atoms. The van der Waals surface area contributed by atoms with Gasteiger partial charge in [0, 0.05) is 26.3 Å². The van der Waals surface area contributed by atoms with Crippen LogP contribution >= 0.6 is 0 Å². The molecule has 0 unspecified atom stereocenters. The van der Waals surface area contributed by atoms with Crippen molar-refractivity contribution in [2.75, 3.05) is 33.1 Å². The van der Waals surface area contributed by atoms with E-state index in [2.05, 4.69) is 10.1 Å². The van der Waals surface area contributed by atoms with Crippen molar-refractivity contribution < 1.29 is 22.7 Å². The van der Waals surface area contributed by atoms with E-state index in [4.69, 9.17) is 0 Å². The molecule has 9 heteroatoms. The highest BCUT2D eigenvalue weighted by Gasteiger charge is 2.34. The number of methoxy groups -OCH3 is 1. The van der Waals surface area contributed by atoms with E-state index in [9.17, 15) is 18.0 Å². The zero-order valence-corrected chi connectivity index (χ0v) is 14.7. The van der Waals surface area contributed by atoms with Gasteiger partial charge in [-0.25, -0.2) is 17.5 Å². The lowest BCUT2D eigenvalue weighted by Gasteiger charge is -2.22. The minimum Gasteiger partial charge on any atom is -0.453 e. The van der Waals surface area contributed by atoms with Gasteiger partial charge < -0.3 is 10.1 Å². The van der Waals surface area contributed by atoms with Crippen molar-refractivity contribution in [2.45, 2.75) is 23.8 Å². The van der Waals surface area contributed by atoms with Crippen LogP contribution in [0.25, 0.3) is 0 Å². The monoisotopic (exact) mass is 355 g/mol. The number of likely N-dealkylation sites (tertiary alicyclic amines) is 1. The third-order valence-corrected chi connectivity index (χ3v) is 5.66. The van der Waals surface area contributed by atoms with Gasteiger partial charge in [0.15, 0.2) is 0 Å². The summed E-state index contributed by atoms with van der Waals surface area (Å²) in [4.78, 5) is 25.6. The Morgan fingerprint density at radius 2 is 2.04 bits per heavy atom. The van der Waals surface area contributed by atoms with Crippen LogP contribution in [0, 0.1) is 0 Å². The van der Waals surface area contributed by atoms with Gasteiger partial charge in [-0.05, 0) is 31.0 Å². The van der Waals surface area contributed by atoms with Crippen LogP contribution < -0.4 is 5.32 Å². The fourth-order valence-electron chi connectivity index (χ4n) is 2.55. The first kappa shape index (κ1) is 18.2. The van der Waals surface area contributed by atoms with Crippen LogP contribution in [0.4, 0.5) is 10.5 Å². The summed E-state index contributed by atoms with van der Waals surface area (Å²) in [6.07, 6.45) is 0.704. The summed E-state index contributed by atoms with van der Waals surface area (Å²) in [6, 6.07) is 5.39. The number of hydrogen-bond donors (Lipinski definition) is 1. The Hall–Kier alpha value is -2.13. The molecule has 2 amide bonds. The van der Waals surface area contributed by atoms with Crippen LogP contribution in [0.3, 0.4) is 0 Å². The minimum atomic E-state index is -3.58. The summed E-state index contributed by atoms with van der Waals surface area (Å²) < 4.78 is 30.1. The van der Waals surface area contributed by atoms with E-state index in [0.717, 1.165) is 4.31 Å². The second-order valence-electron chi connectivity index (χ2n) is 5.63. The van der Waals surface area contributed by atoms with E-state index < -0.39 is 22.2 Å². The normalized spacial score (nSPS) is 17.8. The smallest absolute Gasteiger partial charge is 0.410 e. The zero-order valence-electron chi connectivity index (χ0n) is 13.9. The summed E-state index contributed by atoms with van der Waals surface area (Å²) in [7, 11) is 0.560. The molecule has 1 aromatic carbocycles. The lowest BCUT2D eigenvalue weighted by molar-refractivity contribution is -0.119. The first-order valence-electron chi connectivity index (χ1n) is 7.45. The average molecular weight is 355 g/mol. The van der Waals surface area contributed by atoms with E-state index in [0.29, 0.717) is 25.1 Å². The van der Waals surface area contributed by atoms with Crippen molar-refractivity contribution >= 4 is 27.7 Å². The quantitative estimate of drug-likeness (QED) is 0.873. The van der Waals surface area contributed by atoms with Crippen LogP contribution in [0.1, 0.15) is 12.8 Å². The minimum absolute atomic E-state index is 0.0848. The van der Waals surface area contributed by atoms with Gasteiger partial charge in [-0.3, -0.25) is 9.69 Å². The van der Waals surface area contributed by atoms with Crippen LogP contribution in [-0.4, -0.2) is 63.4 Å². The number of ether oxygens (including phenoxy) is 1. The summed E-state index contributed by atoms with van der Waals surface area (Å²) in [5, 5.41) is 2.67. The van der Waals surface area contributed by atoms with Crippen LogP contribution in [0.15, 0.2) is 29.2 Å². The Morgan fingerprint density at radius 3 is 2.67 bits per heavy atom. The van der Waals surface area contributed by atoms with Crippen LogP contribution in [0.5, 0.6) is 0 Å². The van der Waals surface area contributed by atoms with Crippen LogP contribution in [-0.2, 0) is 19.6 Å². The first-order valence-corrected chi connectivity index (χ1v) is 8.89. The molecule has 0 aliphatic carbocycles. The van der Waals surface area contributed by atoms with Gasteiger partial charge in [-0.1, -0.05) is 6.07 Å². The largest absolute Gasteiger partial charge is 0.453 e. The molecule has 0 saturated carbocycles. The molecule has 1 aromatic rings. The van der Waals surface area contributed by atoms with E-state index in [1.165, 1.54) is 38.2 Å². The van der Waals surface area contributed by atoms with E-state index in [-0.39, 0.29) is 10.8 Å². The molecule has 1 N–H and O–H groups in total. The van der Waals surface area contributed by atoms with Gasteiger partial charge in [0.05, 0.1) is 12.0 Å². The zero-order chi connectivity index (χ0) is 17.9. The lowest BCUT2D eigenvalue weighted by atomic mass is 10.2. The van der Waals surface area contributed by atoms with Gasteiger partial charge in [-0.15, -0.1) is 0 Å². The summed E-state index contributed by atoms with van der Waals surface area (Å²) in [5.74, 6) is -0.364. The maximum atomic E-state index is 12.4. The summed E-state index contributed by atoms with van der Waals surface area (Å²) in [6.45, 7) is 0.458. The molecule has 1 fully saturated rings. The SMILES string of the molecule is COC(=O)N1CCC[C@H]1C(=O)Nc1cccc(S(=O)(=O)N(C)C)c1. The van der Waals surface area contributed by atoms with Gasteiger partial charge in [0.1, 0.15) is 6.04 Å². The van der Waals surface area contributed by atoms with E-state index in [1.807, 2.05) is 0 Å². The molecule has 132 valence electrons. The molecule has 8 nitrogen and oxygen atoms in total. The molecular formula is C15H21N3O5S. The molecule has 1 heterocycles. The third-order valence-electron chi connectivity index (χ3n) is 3.84. The molecule has 1 aliphatic rings. The number of hydrogen-bond acceptors (Lipinski definition) is 5. The molecular weight excluding hydrogens is 334 g/mol. The highest BCUT2D eigenvalue weighted by atomic mass is 32.2. The van der Waals surface area contributed by atoms with Crippen molar-refractivity contribution in [3.8, 4) is 0 Å². The van der Waals surface area contributed by atoms with Crippen molar-refractivity contribution in [3.05, 3.63) is 24.3 Å². The first-order chi connectivity index (χ1) is 11.3. The molecule has 1 aliphatic heterocycles. The second-order valence-corrected chi connectivity index (χ2v) is 7.78. The number of carbonyl (C=O) groups excluding carboxylic acids is 2. The Labute approximate surface area is 141 Å². The maximum Gasteiger partial charge on any atom is 0.410 e. The maximum absolute atomic E-state index is 12.4. The molecule has 2 rings (SSSR count). The van der Waals surface area contributed by atoms with Gasteiger partial charge in [0.2, 0.25) is 15.9 Å². The van der Waals surface area contributed by atoms with Crippen LogP contribution in [0.2, 0.25) is 0 Å². The Balaban J connectivity index is 2.17. The fourth-order valence-corrected chi connectivity index (χ4v) is 3.49. The number of carbonyl (C=O) groups is 2. The van der Waals surface area contributed by atoms with E-state index >= 15 is 0 Å². The molecule has 1 atom stereocenters. The number of nitrogens with zero attached hydrogens (tertiary/aromatic N) is 2. The van der Waals surface area contributed by atoms with E-state index in [1.54, 1.807) is 12.1 Å². The number of anilines is 1. The molecule has 0 aromatic heterocycles. The molecule has 0 spiro atoms. The highest BCUT2D eigenvalue weighted by molar-refractivity contribution is 7.89. The number of amides is 2. The van der Waals surface area contributed by atoms with Crippen molar-refractivity contribution in [1.82, 2.24) is 9.21 Å². The van der Waals surface area contributed by atoms with Crippen molar-refractivity contribution in [2.24, 2.45) is 0 Å². The Morgan fingerprint density at radius 1 is 1.33 bits per heavy atom. The molecule has 1 saturated heterocycles. The van der Waals surface area contributed by atoms with Gasteiger partial charge in [-0.2, -0.15) is 0 Å². The number of nitrogens with one attached hydrogen (secondary N) is 1. The number of benzene rings is 1. The number of rotatable bonds is 4. The molecule has 0 radical (unpaired) electrons. The predicted octanol–water partition coefficient (Wildman–Crippen LogP) is 1.11. The highest BCUT2D eigenvalue weighted by Crippen LogP contribution is 2.22. The molecule has 0 bridgehead atoms. The average Bonchev–Trinajstić information content (AvgIpc) is 3.04. The fraction of sp³-hybridized carbons (Fsp3) is 0.467.